The molecule has 9 heteroatoms. The van der Waals surface area contributed by atoms with Gasteiger partial charge in [-0.05, 0) is 44.0 Å². The van der Waals surface area contributed by atoms with Crippen molar-refractivity contribution in [2.75, 3.05) is 6.54 Å². The zero-order valence-electron chi connectivity index (χ0n) is 23.2. The van der Waals surface area contributed by atoms with Crippen molar-refractivity contribution in [3.63, 3.8) is 0 Å². The Morgan fingerprint density at radius 1 is 0.811 bits per heavy atom. The highest BCUT2D eigenvalue weighted by atomic mass is 32.2. The largest absolute Gasteiger partial charge is 0.744 e. The van der Waals surface area contributed by atoms with E-state index in [9.17, 15) is 22.9 Å². The molecule has 2 aromatic rings. The van der Waals surface area contributed by atoms with Crippen molar-refractivity contribution in [3.8, 4) is 0 Å². The number of nitrogens with one attached hydrogen (secondary N) is 1. The van der Waals surface area contributed by atoms with E-state index >= 15 is 0 Å². The van der Waals surface area contributed by atoms with E-state index in [1.165, 1.54) is 69.9 Å². The van der Waals surface area contributed by atoms with Crippen LogP contribution in [0.3, 0.4) is 0 Å². The summed E-state index contributed by atoms with van der Waals surface area (Å²) in [6.07, 6.45) is 13.4. The van der Waals surface area contributed by atoms with Crippen LogP contribution in [0.15, 0.2) is 59.5 Å². The molecule has 9 N–H and O–H groups in total. The van der Waals surface area contributed by atoms with Gasteiger partial charge in [0.15, 0.2) is 0 Å². The van der Waals surface area contributed by atoms with Crippen molar-refractivity contribution in [3.05, 3.63) is 65.7 Å². The maximum absolute atomic E-state index is 11.2. The third-order valence-electron chi connectivity index (χ3n) is 5.80. The van der Waals surface area contributed by atoms with Gasteiger partial charge in [-0.1, -0.05) is 113 Å². The lowest BCUT2D eigenvalue weighted by Crippen LogP contribution is -2.47. The van der Waals surface area contributed by atoms with E-state index in [4.69, 9.17) is 0 Å². The zero-order chi connectivity index (χ0) is 25.9. The van der Waals surface area contributed by atoms with Gasteiger partial charge in [0.25, 0.3) is 0 Å². The Hall–Kier alpha value is -2.30. The highest BCUT2D eigenvalue weighted by Gasteiger charge is 2.09. The molecular formula is C28H49N3O5S. The number of unbranched alkanes of at least 4 members (excludes halogenated alkanes) is 9. The van der Waals surface area contributed by atoms with Crippen LogP contribution in [0.4, 0.5) is 0 Å². The fraction of sp³-hybridized carbons (Fsp3) is 0.536. The van der Waals surface area contributed by atoms with Crippen LogP contribution in [-0.2, 0) is 21.3 Å². The minimum Gasteiger partial charge on any atom is -0.744 e. The summed E-state index contributed by atoms with van der Waals surface area (Å²) in [6, 6.07) is 14.9. The Morgan fingerprint density at radius 2 is 1.30 bits per heavy atom. The summed E-state index contributed by atoms with van der Waals surface area (Å²) in [5.41, 5.74) is 1.96. The summed E-state index contributed by atoms with van der Waals surface area (Å²) >= 11 is 0. The topological polar surface area (TPSA) is 182 Å². The van der Waals surface area contributed by atoms with Crippen molar-refractivity contribution >= 4 is 16.1 Å². The van der Waals surface area contributed by atoms with E-state index in [-0.39, 0.29) is 17.2 Å². The molecule has 0 saturated carbocycles. The average molecular weight is 540 g/mol. The van der Waals surface area contributed by atoms with Gasteiger partial charge >= 0.3 is 0 Å². The van der Waals surface area contributed by atoms with Crippen molar-refractivity contribution < 1.29 is 22.9 Å². The van der Waals surface area contributed by atoms with E-state index in [2.05, 4.69) is 12.2 Å². The molecule has 0 aliphatic carbocycles. The monoisotopic (exact) mass is 539 g/mol. The Balaban J connectivity index is 0. The lowest BCUT2D eigenvalue weighted by Gasteiger charge is -2.19. The first-order valence-electron chi connectivity index (χ1n) is 12.7. The molecule has 0 radical (unpaired) electrons. The third kappa shape index (κ3) is 18.6. The Bertz CT molecular complexity index is 923. The van der Waals surface area contributed by atoms with Gasteiger partial charge in [-0.15, -0.1) is 0 Å². The molecule has 8 nitrogen and oxygen atoms in total. The first-order chi connectivity index (χ1) is 16.7. The van der Waals surface area contributed by atoms with Crippen LogP contribution in [0, 0.1) is 6.92 Å². The maximum Gasteiger partial charge on any atom is 0.124 e. The van der Waals surface area contributed by atoms with Crippen molar-refractivity contribution in [2.45, 2.75) is 95.4 Å². The first kappa shape index (κ1) is 36.9. The lowest BCUT2D eigenvalue weighted by atomic mass is 10.1. The zero-order valence-corrected chi connectivity index (χ0v) is 24.0. The van der Waals surface area contributed by atoms with Crippen LogP contribution in [-0.4, -0.2) is 31.5 Å². The van der Waals surface area contributed by atoms with Gasteiger partial charge in [0.1, 0.15) is 10.1 Å². The average Bonchev–Trinajstić information content (AvgIpc) is 2.82. The van der Waals surface area contributed by atoms with Crippen LogP contribution in [0.25, 0.3) is 0 Å². The number of rotatable bonds is 16. The highest BCUT2D eigenvalue weighted by Crippen LogP contribution is 2.11. The van der Waals surface area contributed by atoms with Crippen LogP contribution >= 0.6 is 0 Å². The molecule has 212 valence electrons. The minimum atomic E-state index is -4.27. The molecule has 0 heterocycles. The van der Waals surface area contributed by atoms with Gasteiger partial charge in [-0.25, -0.2) is 8.42 Å². The normalized spacial score (nSPS) is 11.3. The molecule has 37 heavy (non-hydrogen) atoms. The van der Waals surface area contributed by atoms with Crippen LogP contribution in [0.2, 0.25) is 0 Å². The van der Waals surface area contributed by atoms with E-state index in [0.29, 0.717) is 6.42 Å². The number of benzene rings is 2. The molecule has 0 spiro atoms. The molecule has 0 saturated heterocycles. The number of carbonyl (C=O) groups is 1. The van der Waals surface area contributed by atoms with Crippen molar-refractivity contribution in [1.29, 1.82) is 0 Å². The SMILES string of the molecule is CCCCCCCCCCCCN[C@@H](Cc1ccccc1)C(=O)[O-].Cc1ccc(S(=O)(=O)[O-])cc1.[NH4+].[NH4+]. The van der Waals surface area contributed by atoms with Gasteiger partial charge in [0, 0.05) is 0 Å². The van der Waals surface area contributed by atoms with E-state index in [1.54, 1.807) is 12.1 Å². The van der Waals surface area contributed by atoms with E-state index in [0.717, 1.165) is 24.1 Å². The molecule has 0 fully saturated rings. The Kier molecular flexibility index (Phi) is 21.7. The minimum absolute atomic E-state index is 0. The van der Waals surface area contributed by atoms with Gasteiger partial charge < -0.3 is 32.1 Å². The third-order valence-corrected chi connectivity index (χ3v) is 6.65. The van der Waals surface area contributed by atoms with Crippen LogP contribution in [0.1, 0.15) is 82.3 Å². The van der Waals surface area contributed by atoms with E-state index in [1.807, 2.05) is 37.3 Å². The molecule has 0 amide bonds. The maximum atomic E-state index is 11.2. The Labute approximate surface area is 224 Å². The van der Waals surface area contributed by atoms with Gasteiger partial charge in [0.05, 0.1) is 16.9 Å². The predicted molar refractivity (Wildman–Crippen MR) is 150 cm³/mol. The summed E-state index contributed by atoms with van der Waals surface area (Å²) in [7, 11) is -4.27. The Morgan fingerprint density at radius 3 is 1.76 bits per heavy atom. The molecule has 0 unspecified atom stereocenters. The van der Waals surface area contributed by atoms with Gasteiger partial charge in [-0.2, -0.15) is 0 Å². The van der Waals surface area contributed by atoms with Crippen molar-refractivity contribution in [2.24, 2.45) is 0 Å². The molecule has 0 aromatic heterocycles. The second kappa shape index (κ2) is 21.8. The number of carboxylic acids is 1. The molecule has 0 aliphatic rings. The summed E-state index contributed by atoms with van der Waals surface area (Å²) < 4.78 is 31.2. The fourth-order valence-corrected chi connectivity index (χ4v) is 4.15. The highest BCUT2D eigenvalue weighted by molar-refractivity contribution is 7.85. The molecule has 0 aliphatic heterocycles. The number of hydrogen-bond donors (Lipinski definition) is 3. The van der Waals surface area contributed by atoms with Crippen LogP contribution < -0.4 is 22.7 Å². The predicted octanol–water partition coefficient (Wildman–Crippen LogP) is 5.51. The number of aliphatic carboxylic acids is 1. The molecule has 1 atom stereocenters. The summed E-state index contributed by atoms with van der Waals surface area (Å²) in [5, 5.41) is 14.4. The quantitative estimate of drug-likeness (QED) is 0.186. The first-order valence-corrected chi connectivity index (χ1v) is 14.2. The van der Waals surface area contributed by atoms with Crippen LogP contribution in [0.5, 0.6) is 0 Å². The fourth-order valence-electron chi connectivity index (χ4n) is 3.68. The van der Waals surface area contributed by atoms with Gasteiger partial charge in [0.2, 0.25) is 0 Å². The number of hydrogen-bond acceptors (Lipinski definition) is 6. The summed E-state index contributed by atoms with van der Waals surface area (Å²) in [4.78, 5) is 11.1. The molecular weight excluding hydrogens is 490 g/mol. The standard InChI is InChI=1S/C21H35NO2.C7H8O3S.2H3N/c1-2-3-4-5-6-7-8-9-10-14-17-22-20(21(23)24)18-19-15-12-11-13-16-19;1-6-2-4-7(5-3-6)11(8,9)10;;/h11-13,15-16,20,22H,2-10,14,17-18H2,1H3,(H,23,24);2-5H,1H3,(H,8,9,10);2*1H3/t20-;;;/m0.../s1. The summed E-state index contributed by atoms with van der Waals surface area (Å²) in [6.45, 7) is 4.82. The number of carboxylic acid groups (broad SMARTS) is 1. The van der Waals surface area contributed by atoms with Gasteiger partial charge in [-0.3, -0.25) is 0 Å². The van der Waals surface area contributed by atoms with E-state index < -0.39 is 22.1 Å². The lowest BCUT2D eigenvalue weighted by molar-refractivity contribution is -0.308. The number of carbonyl (C=O) groups excluding carboxylic acids is 1. The smallest absolute Gasteiger partial charge is 0.124 e. The molecule has 2 rings (SSSR count). The second-order valence-electron chi connectivity index (χ2n) is 8.96. The summed E-state index contributed by atoms with van der Waals surface area (Å²) in [5.74, 6) is -1.01. The number of aryl methyl sites for hydroxylation is 1. The second-order valence-corrected chi connectivity index (χ2v) is 10.3. The number of quaternary nitrogens is 2. The molecule has 2 aromatic carbocycles. The molecule has 0 bridgehead atoms. The van der Waals surface area contributed by atoms with Crippen molar-refractivity contribution in [1.82, 2.24) is 17.6 Å².